The summed E-state index contributed by atoms with van der Waals surface area (Å²) >= 11 is 1.46. The summed E-state index contributed by atoms with van der Waals surface area (Å²) in [6.45, 7) is 0. The van der Waals surface area contributed by atoms with Crippen LogP contribution in [0.3, 0.4) is 0 Å². The van der Waals surface area contributed by atoms with Crippen molar-refractivity contribution in [2.75, 3.05) is 14.2 Å². The van der Waals surface area contributed by atoms with Crippen molar-refractivity contribution >= 4 is 11.8 Å². The highest BCUT2D eigenvalue weighted by Gasteiger charge is 2.19. The maximum Gasteiger partial charge on any atom is 0.237 e. The first-order chi connectivity index (χ1) is 16.8. The van der Waals surface area contributed by atoms with Crippen LogP contribution in [0.5, 0.6) is 11.5 Å². The first kappa shape index (κ1) is 21.7. The number of hydrogen-bond acceptors (Lipinski definition) is 9. The normalized spacial score (nSPS) is 10.9. The molecule has 0 unspecified atom stereocenters. The van der Waals surface area contributed by atoms with Crippen molar-refractivity contribution < 1.29 is 14.0 Å². The van der Waals surface area contributed by atoms with Crippen molar-refractivity contribution in [2.45, 2.75) is 10.9 Å². The number of rotatable bonds is 8. The second kappa shape index (κ2) is 9.75. The van der Waals surface area contributed by atoms with Gasteiger partial charge in [0.2, 0.25) is 11.7 Å². The average Bonchev–Trinajstić information content (AvgIpc) is 3.55. The fourth-order valence-electron chi connectivity index (χ4n) is 3.39. The molecule has 0 N–H and O–H groups in total. The largest absolute Gasteiger partial charge is 0.497 e. The highest BCUT2D eigenvalue weighted by atomic mass is 32.2. The minimum atomic E-state index is 0.423. The Bertz CT molecular complexity index is 1390. The van der Waals surface area contributed by atoms with Crippen LogP contribution in [-0.4, -0.2) is 44.1 Å². The van der Waals surface area contributed by atoms with Crippen molar-refractivity contribution in [3.63, 3.8) is 0 Å². The molecule has 0 radical (unpaired) electrons. The smallest absolute Gasteiger partial charge is 0.237 e. The Kier molecular flexibility index (Phi) is 6.21. The fourth-order valence-corrected chi connectivity index (χ4v) is 4.18. The number of pyridine rings is 1. The number of nitrogens with zero attached hydrogens (tertiary/aromatic N) is 6. The standard InChI is InChI=1S/C24H20N6O3S/c1-31-18-8-9-19(20(14-18)32-2)22-26-21(33-29-22)15-34-24-28-27-23(16-10-12-25-13-11-16)30(24)17-6-4-3-5-7-17/h3-14H,15H2,1-2H3. The Hall–Kier alpha value is -4.18. The topological polar surface area (TPSA) is 101 Å². The lowest BCUT2D eigenvalue weighted by Crippen LogP contribution is -1.99. The summed E-state index contributed by atoms with van der Waals surface area (Å²) in [7, 11) is 3.19. The quantitative estimate of drug-likeness (QED) is 0.298. The van der Waals surface area contributed by atoms with Gasteiger partial charge < -0.3 is 14.0 Å². The van der Waals surface area contributed by atoms with E-state index in [2.05, 4.69) is 25.3 Å². The number of ether oxygens (including phenoxy) is 2. The third-order valence-electron chi connectivity index (χ3n) is 5.03. The minimum absolute atomic E-state index is 0.423. The molecule has 0 spiro atoms. The molecule has 10 heteroatoms. The SMILES string of the molecule is COc1ccc(-c2noc(CSc3nnc(-c4ccncc4)n3-c3ccccc3)n2)c(OC)c1. The Balaban J connectivity index is 1.42. The molecule has 0 saturated carbocycles. The van der Waals surface area contributed by atoms with Crippen LogP contribution in [0.4, 0.5) is 0 Å². The second-order valence-electron chi connectivity index (χ2n) is 7.08. The van der Waals surface area contributed by atoms with Crippen molar-refractivity contribution in [1.29, 1.82) is 0 Å². The molecule has 3 heterocycles. The first-order valence-corrected chi connectivity index (χ1v) is 11.3. The first-order valence-electron chi connectivity index (χ1n) is 10.4. The number of methoxy groups -OCH3 is 2. The summed E-state index contributed by atoms with van der Waals surface area (Å²) in [5.41, 5.74) is 2.59. The zero-order valence-electron chi connectivity index (χ0n) is 18.5. The Morgan fingerprint density at radius 2 is 1.76 bits per heavy atom. The van der Waals surface area contributed by atoms with E-state index in [-0.39, 0.29) is 0 Å². The summed E-state index contributed by atoms with van der Waals surface area (Å²) in [5, 5.41) is 13.7. The predicted octanol–water partition coefficient (Wildman–Crippen LogP) is 4.69. The van der Waals surface area contributed by atoms with E-state index in [4.69, 9.17) is 14.0 Å². The Morgan fingerprint density at radius 3 is 2.53 bits per heavy atom. The predicted molar refractivity (Wildman–Crippen MR) is 127 cm³/mol. The van der Waals surface area contributed by atoms with Gasteiger partial charge in [0.1, 0.15) is 11.5 Å². The number of para-hydroxylation sites is 1. The van der Waals surface area contributed by atoms with Crippen molar-refractivity contribution in [3.8, 4) is 40.0 Å². The number of thioether (sulfide) groups is 1. The Labute approximate surface area is 199 Å². The summed E-state index contributed by atoms with van der Waals surface area (Å²) in [6.07, 6.45) is 3.47. The van der Waals surface area contributed by atoms with Gasteiger partial charge in [0.25, 0.3) is 0 Å². The zero-order valence-corrected chi connectivity index (χ0v) is 19.3. The highest BCUT2D eigenvalue weighted by Crippen LogP contribution is 2.33. The van der Waals surface area contributed by atoms with Gasteiger partial charge in [0.15, 0.2) is 11.0 Å². The molecule has 0 atom stereocenters. The maximum absolute atomic E-state index is 5.50. The summed E-state index contributed by atoms with van der Waals surface area (Å²) < 4.78 is 18.2. The van der Waals surface area contributed by atoms with Gasteiger partial charge in [-0.05, 0) is 36.4 Å². The zero-order chi connectivity index (χ0) is 23.3. The lowest BCUT2D eigenvalue weighted by Gasteiger charge is -2.09. The molecule has 0 fully saturated rings. The lowest BCUT2D eigenvalue weighted by molar-refractivity contribution is 0.388. The molecule has 0 aliphatic heterocycles. The van der Waals surface area contributed by atoms with E-state index >= 15 is 0 Å². The van der Waals surface area contributed by atoms with Gasteiger partial charge >= 0.3 is 0 Å². The third-order valence-corrected chi connectivity index (χ3v) is 5.94. The van der Waals surface area contributed by atoms with Crippen LogP contribution >= 0.6 is 11.8 Å². The minimum Gasteiger partial charge on any atom is -0.497 e. The molecule has 5 aromatic rings. The molecular weight excluding hydrogens is 452 g/mol. The van der Waals surface area contributed by atoms with E-state index in [1.807, 2.05) is 59.2 Å². The molecule has 170 valence electrons. The summed E-state index contributed by atoms with van der Waals surface area (Å²) in [5.74, 6) is 3.34. The van der Waals surface area contributed by atoms with E-state index < -0.39 is 0 Å². The van der Waals surface area contributed by atoms with E-state index in [0.29, 0.717) is 34.1 Å². The van der Waals surface area contributed by atoms with Gasteiger partial charge in [-0.1, -0.05) is 35.1 Å². The molecule has 3 aromatic heterocycles. The number of aromatic nitrogens is 6. The molecule has 0 bridgehead atoms. The van der Waals surface area contributed by atoms with E-state index in [0.717, 1.165) is 22.6 Å². The molecule has 0 saturated heterocycles. The second-order valence-corrected chi connectivity index (χ2v) is 8.02. The van der Waals surface area contributed by atoms with E-state index in [1.165, 1.54) is 11.8 Å². The van der Waals surface area contributed by atoms with Crippen LogP contribution in [0.2, 0.25) is 0 Å². The van der Waals surface area contributed by atoms with Gasteiger partial charge in [-0.25, -0.2) is 0 Å². The van der Waals surface area contributed by atoms with Crippen molar-refractivity contribution in [1.82, 2.24) is 29.9 Å². The molecule has 0 aliphatic rings. The summed E-state index contributed by atoms with van der Waals surface area (Å²) in [4.78, 5) is 8.64. The molecule has 9 nitrogen and oxygen atoms in total. The molecule has 0 aliphatic carbocycles. The van der Waals surface area contributed by atoms with Gasteiger partial charge in [0, 0.05) is 29.7 Å². The van der Waals surface area contributed by atoms with Crippen LogP contribution in [0, 0.1) is 0 Å². The van der Waals surface area contributed by atoms with Gasteiger partial charge in [0.05, 0.1) is 25.5 Å². The highest BCUT2D eigenvalue weighted by molar-refractivity contribution is 7.98. The van der Waals surface area contributed by atoms with Crippen molar-refractivity contribution in [2.24, 2.45) is 0 Å². The molecule has 5 rings (SSSR count). The van der Waals surface area contributed by atoms with Gasteiger partial charge in [-0.2, -0.15) is 4.98 Å². The van der Waals surface area contributed by atoms with Crippen LogP contribution in [-0.2, 0) is 5.75 Å². The van der Waals surface area contributed by atoms with Crippen LogP contribution < -0.4 is 9.47 Å². The molecule has 0 amide bonds. The average molecular weight is 473 g/mol. The van der Waals surface area contributed by atoms with Crippen molar-refractivity contribution in [3.05, 3.63) is 78.9 Å². The van der Waals surface area contributed by atoms with Gasteiger partial charge in [-0.15, -0.1) is 10.2 Å². The van der Waals surface area contributed by atoms with Crippen LogP contribution in [0.25, 0.3) is 28.5 Å². The third kappa shape index (κ3) is 4.35. The van der Waals surface area contributed by atoms with Crippen LogP contribution in [0.1, 0.15) is 5.89 Å². The molecular formula is C24H20N6O3S. The van der Waals surface area contributed by atoms with Crippen LogP contribution in [0.15, 0.2) is 82.7 Å². The lowest BCUT2D eigenvalue weighted by atomic mass is 10.2. The maximum atomic E-state index is 5.50. The molecule has 2 aromatic carbocycles. The fraction of sp³-hybridized carbons (Fsp3) is 0.125. The summed E-state index contributed by atoms with van der Waals surface area (Å²) in [6, 6.07) is 19.2. The van der Waals surface area contributed by atoms with Gasteiger partial charge in [-0.3, -0.25) is 9.55 Å². The van der Waals surface area contributed by atoms with E-state index in [1.54, 1.807) is 32.7 Å². The monoisotopic (exact) mass is 472 g/mol. The number of benzene rings is 2. The molecule has 34 heavy (non-hydrogen) atoms. The Morgan fingerprint density at radius 1 is 0.941 bits per heavy atom. The van der Waals surface area contributed by atoms with E-state index in [9.17, 15) is 0 Å². The number of hydrogen-bond donors (Lipinski definition) is 0.